The molecule has 1 aliphatic rings. The Kier molecular flexibility index (Phi) is 5.62. The maximum Gasteiger partial charge on any atom is 0.154 e. The number of rotatable bonds is 6. The summed E-state index contributed by atoms with van der Waals surface area (Å²) in [6, 6.07) is 0. The van der Waals surface area contributed by atoms with Crippen LogP contribution in [0.3, 0.4) is 0 Å². The Morgan fingerprint density at radius 3 is 2.50 bits per heavy atom. The van der Waals surface area contributed by atoms with Gasteiger partial charge in [0, 0.05) is 12.1 Å². The number of unbranched alkanes of at least 4 members (excludes halogenated alkanes) is 3. The van der Waals surface area contributed by atoms with Crippen LogP contribution in [0.25, 0.3) is 0 Å². The van der Waals surface area contributed by atoms with Crippen molar-refractivity contribution in [2.75, 3.05) is 18.1 Å². The summed E-state index contributed by atoms with van der Waals surface area (Å²) in [4.78, 5) is 2.17. The summed E-state index contributed by atoms with van der Waals surface area (Å²) < 4.78 is 23.1. The Labute approximate surface area is 112 Å². The SMILES string of the molecule is CCCCCCC(C)(C)N1CCS(=O)(=O)CC1N. The molecule has 0 aromatic rings. The van der Waals surface area contributed by atoms with Crippen molar-refractivity contribution in [3.05, 3.63) is 0 Å². The van der Waals surface area contributed by atoms with Crippen LogP contribution in [0.5, 0.6) is 0 Å². The fraction of sp³-hybridized carbons (Fsp3) is 1.00. The van der Waals surface area contributed by atoms with Gasteiger partial charge in [0.15, 0.2) is 9.84 Å². The van der Waals surface area contributed by atoms with Gasteiger partial charge in [0.2, 0.25) is 0 Å². The van der Waals surface area contributed by atoms with E-state index in [-0.39, 0.29) is 23.2 Å². The van der Waals surface area contributed by atoms with Gasteiger partial charge in [0.05, 0.1) is 17.7 Å². The summed E-state index contributed by atoms with van der Waals surface area (Å²) in [6.07, 6.45) is 5.70. The molecule has 0 radical (unpaired) electrons. The first-order chi connectivity index (χ1) is 8.28. The molecule has 0 amide bonds. The summed E-state index contributed by atoms with van der Waals surface area (Å²) in [7, 11) is -2.92. The summed E-state index contributed by atoms with van der Waals surface area (Å²) in [5.74, 6) is 0.352. The standard InChI is InChI=1S/C13H28N2O2S/c1-4-5-6-7-8-13(2,3)15-9-10-18(16,17)11-12(15)14/h12H,4-11,14H2,1-3H3. The Balaban J connectivity index is 2.51. The van der Waals surface area contributed by atoms with E-state index < -0.39 is 9.84 Å². The van der Waals surface area contributed by atoms with E-state index in [0.717, 1.165) is 6.42 Å². The molecule has 5 heteroatoms. The predicted molar refractivity (Wildman–Crippen MR) is 76.2 cm³/mol. The molecule has 1 aliphatic heterocycles. The first-order valence-electron chi connectivity index (χ1n) is 7.01. The Morgan fingerprint density at radius 1 is 1.28 bits per heavy atom. The Hall–Kier alpha value is -0.130. The fourth-order valence-electron chi connectivity index (χ4n) is 2.72. The second-order valence-corrected chi connectivity index (χ2v) is 8.23. The molecule has 1 fully saturated rings. The van der Waals surface area contributed by atoms with Gasteiger partial charge in [0.25, 0.3) is 0 Å². The molecule has 108 valence electrons. The molecule has 2 N–H and O–H groups in total. The van der Waals surface area contributed by atoms with E-state index >= 15 is 0 Å². The van der Waals surface area contributed by atoms with Crippen LogP contribution in [0.15, 0.2) is 0 Å². The van der Waals surface area contributed by atoms with Crippen molar-refractivity contribution in [3.8, 4) is 0 Å². The Morgan fingerprint density at radius 2 is 1.94 bits per heavy atom. The van der Waals surface area contributed by atoms with Crippen molar-refractivity contribution < 1.29 is 8.42 Å². The average Bonchev–Trinajstić information content (AvgIpc) is 2.22. The van der Waals surface area contributed by atoms with Gasteiger partial charge in [0.1, 0.15) is 0 Å². The molecule has 0 aromatic carbocycles. The summed E-state index contributed by atoms with van der Waals surface area (Å²) in [5, 5.41) is 0. The first-order valence-corrected chi connectivity index (χ1v) is 8.83. The zero-order valence-electron chi connectivity index (χ0n) is 12.0. The highest BCUT2D eigenvalue weighted by Crippen LogP contribution is 2.26. The summed E-state index contributed by atoms with van der Waals surface area (Å²) >= 11 is 0. The van der Waals surface area contributed by atoms with Gasteiger partial charge in [-0.1, -0.05) is 32.6 Å². The maximum absolute atomic E-state index is 11.5. The molecule has 1 atom stereocenters. The van der Waals surface area contributed by atoms with E-state index in [1.54, 1.807) is 0 Å². The third kappa shape index (κ3) is 4.52. The van der Waals surface area contributed by atoms with E-state index in [1.165, 1.54) is 25.7 Å². The van der Waals surface area contributed by atoms with Crippen LogP contribution < -0.4 is 5.73 Å². The lowest BCUT2D eigenvalue weighted by Crippen LogP contribution is -2.60. The topological polar surface area (TPSA) is 63.4 Å². The van der Waals surface area contributed by atoms with Gasteiger partial charge in [-0.3, -0.25) is 4.90 Å². The van der Waals surface area contributed by atoms with Gasteiger partial charge in [-0.15, -0.1) is 0 Å². The zero-order chi connectivity index (χ0) is 13.8. The number of hydrogen-bond acceptors (Lipinski definition) is 4. The molecule has 1 unspecified atom stereocenters. The zero-order valence-corrected chi connectivity index (χ0v) is 12.8. The predicted octanol–water partition coefficient (Wildman–Crippen LogP) is 1.75. The molecule has 0 spiro atoms. The van der Waals surface area contributed by atoms with Crippen LogP contribution in [-0.4, -0.2) is 43.1 Å². The van der Waals surface area contributed by atoms with Crippen LogP contribution in [0.2, 0.25) is 0 Å². The smallest absolute Gasteiger partial charge is 0.154 e. The van der Waals surface area contributed by atoms with E-state index in [0.29, 0.717) is 6.54 Å². The van der Waals surface area contributed by atoms with Crippen LogP contribution in [0.1, 0.15) is 52.9 Å². The third-order valence-electron chi connectivity index (χ3n) is 3.89. The van der Waals surface area contributed by atoms with Gasteiger partial charge in [-0.05, 0) is 20.3 Å². The lowest BCUT2D eigenvalue weighted by Gasteiger charge is -2.44. The van der Waals surface area contributed by atoms with Gasteiger partial charge >= 0.3 is 0 Å². The summed E-state index contributed by atoms with van der Waals surface area (Å²) in [5.41, 5.74) is 6.02. The van der Waals surface area contributed by atoms with E-state index in [4.69, 9.17) is 5.73 Å². The van der Waals surface area contributed by atoms with Gasteiger partial charge in [-0.2, -0.15) is 0 Å². The molecule has 4 nitrogen and oxygen atoms in total. The summed E-state index contributed by atoms with van der Waals surface area (Å²) in [6.45, 7) is 7.13. The van der Waals surface area contributed by atoms with Crippen molar-refractivity contribution in [2.24, 2.45) is 5.73 Å². The maximum atomic E-state index is 11.5. The minimum absolute atomic E-state index is 0.00307. The van der Waals surface area contributed by atoms with Crippen LogP contribution >= 0.6 is 0 Å². The third-order valence-corrected chi connectivity index (χ3v) is 5.54. The molecule has 1 saturated heterocycles. The largest absolute Gasteiger partial charge is 0.315 e. The molecule has 0 saturated carbocycles. The number of nitrogens with zero attached hydrogens (tertiary/aromatic N) is 1. The molecule has 18 heavy (non-hydrogen) atoms. The average molecular weight is 276 g/mol. The first kappa shape index (κ1) is 15.9. The Bertz CT molecular complexity index is 352. The van der Waals surface area contributed by atoms with Crippen LogP contribution in [-0.2, 0) is 9.84 Å². The normalized spacial score (nSPS) is 25.2. The van der Waals surface area contributed by atoms with Gasteiger partial charge < -0.3 is 5.73 Å². The highest BCUT2D eigenvalue weighted by atomic mass is 32.2. The minimum Gasteiger partial charge on any atom is -0.315 e. The molecular formula is C13H28N2O2S. The fourth-order valence-corrected chi connectivity index (χ4v) is 4.06. The monoisotopic (exact) mass is 276 g/mol. The second kappa shape index (κ2) is 6.35. The van der Waals surface area contributed by atoms with Crippen molar-refractivity contribution in [2.45, 2.75) is 64.6 Å². The van der Waals surface area contributed by atoms with Crippen molar-refractivity contribution in [1.29, 1.82) is 0 Å². The quantitative estimate of drug-likeness (QED) is 0.751. The van der Waals surface area contributed by atoms with Crippen molar-refractivity contribution in [1.82, 2.24) is 4.90 Å². The number of sulfone groups is 1. The molecular weight excluding hydrogens is 248 g/mol. The molecule has 1 heterocycles. The molecule has 1 rings (SSSR count). The lowest BCUT2D eigenvalue weighted by molar-refractivity contribution is 0.0729. The molecule has 0 aromatic heterocycles. The van der Waals surface area contributed by atoms with Crippen LogP contribution in [0, 0.1) is 0 Å². The molecule has 0 bridgehead atoms. The van der Waals surface area contributed by atoms with Crippen molar-refractivity contribution >= 4 is 9.84 Å². The highest BCUT2D eigenvalue weighted by Gasteiger charge is 2.36. The number of hydrogen-bond donors (Lipinski definition) is 1. The van der Waals surface area contributed by atoms with Crippen molar-refractivity contribution in [3.63, 3.8) is 0 Å². The molecule has 0 aliphatic carbocycles. The van der Waals surface area contributed by atoms with E-state index in [9.17, 15) is 8.42 Å². The van der Waals surface area contributed by atoms with E-state index in [2.05, 4.69) is 25.7 Å². The van der Waals surface area contributed by atoms with E-state index in [1.807, 2.05) is 0 Å². The highest BCUT2D eigenvalue weighted by molar-refractivity contribution is 7.91. The number of nitrogens with two attached hydrogens (primary N) is 1. The lowest BCUT2D eigenvalue weighted by atomic mass is 9.93. The second-order valence-electron chi connectivity index (χ2n) is 6.00. The van der Waals surface area contributed by atoms with Crippen LogP contribution in [0.4, 0.5) is 0 Å². The van der Waals surface area contributed by atoms with Gasteiger partial charge in [-0.25, -0.2) is 8.42 Å². The minimum atomic E-state index is -2.92.